The van der Waals surface area contributed by atoms with Crippen molar-refractivity contribution in [1.82, 2.24) is 5.32 Å². The lowest BCUT2D eigenvalue weighted by Gasteiger charge is -2.46. The van der Waals surface area contributed by atoms with E-state index in [1.165, 1.54) is 19.3 Å². The molecular formula is C17H32N2O. The molecule has 2 rings (SSSR count). The Bertz CT molecular complexity index is 353. The number of carbonyl (C=O) groups excluding carboxylic acids is 1. The highest BCUT2D eigenvalue weighted by atomic mass is 16.1. The molecule has 2 saturated carbocycles. The van der Waals surface area contributed by atoms with Crippen molar-refractivity contribution in [2.45, 2.75) is 65.8 Å². The van der Waals surface area contributed by atoms with Gasteiger partial charge in [-0.05, 0) is 48.9 Å². The first-order chi connectivity index (χ1) is 9.32. The van der Waals surface area contributed by atoms with Gasteiger partial charge in [-0.2, -0.15) is 0 Å². The van der Waals surface area contributed by atoms with Gasteiger partial charge in [-0.3, -0.25) is 4.79 Å². The Hall–Kier alpha value is -0.570. The molecule has 0 bridgehead atoms. The van der Waals surface area contributed by atoms with Gasteiger partial charge in [0.15, 0.2) is 0 Å². The smallest absolute Gasteiger partial charge is 0.223 e. The molecule has 5 unspecified atom stereocenters. The second kappa shape index (κ2) is 6.05. The summed E-state index contributed by atoms with van der Waals surface area (Å²) in [6, 6.07) is 0.240. The lowest BCUT2D eigenvalue weighted by atomic mass is 9.61. The molecule has 0 aromatic carbocycles. The highest BCUT2D eigenvalue weighted by Crippen LogP contribution is 2.44. The predicted molar refractivity (Wildman–Crippen MR) is 83.2 cm³/mol. The quantitative estimate of drug-likeness (QED) is 0.835. The van der Waals surface area contributed by atoms with E-state index in [-0.39, 0.29) is 23.3 Å². The average Bonchev–Trinajstić information content (AvgIpc) is 2.79. The molecule has 0 aliphatic heterocycles. The first-order valence-electron chi connectivity index (χ1n) is 8.35. The molecule has 2 aliphatic carbocycles. The van der Waals surface area contributed by atoms with Gasteiger partial charge in [0.1, 0.15) is 0 Å². The van der Waals surface area contributed by atoms with Crippen LogP contribution in [0, 0.1) is 29.1 Å². The molecule has 3 N–H and O–H groups in total. The van der Waals surface area contributed by atoms with Crippen molar-refractivity contribution >= 4 is 5.91 Å². The minimum absolute atomic E-state index is 0.00468. The van der Waals surface area contributed by atoms with E-state index in [0.29, 0.717) is 11.8 Å². The summed E-state index contributed by atoms with van der Waals surface area (Å²) in [5.41, 5.74) is 6.18. The van der Waals surface area contributed by atoms with E-state index in [1.54, 1.807) is 0 Å². The molecule has 5 atom stereocenters. The molecular weight excluding hydrogens is 248 g/mol. The van der Waals surface area contributed by atoms with Crippen molar-refractivity contribution in [3.8, 4) is 0 Å². The molecule has 116 valence electrons. The zero-order valence-corrected chi connectivity index (χ0v) is 13.6. The fraction of sp³-hybridized carbons (Fsp3) is 0.941. The zero-order chi connectivity index (χ0) is 14.9. The van der Waals surface area contributed by atoms with Gasteiger partial charge in [-0.15, -0.1) is 0 Å². The van der Waals surface area contributed by atoms with E-state index in [2.05, 4.69) is 33.0 Å². The van der Waals surface area contributed by atoms with Crippen LogP contribution in [0.15, 0.2) is 0 Å². The normalized spacial score (nSPS) is 40.5. The Balaban J connectivity index is 1.88. The average molecular weight is 280 g/mol. The number of nitrogens with two attached hydrogens (primary N) is 1. The summed E-state index contributed by atoms with van der Waals surface area (Å²) in [6.07, 6.45) is 5.78. The number of nitrogens with one attached hydrogen (secondary N) is 1. The summed E-state index contributed by atoms with van der Waals surface area (Å²) in [5.74, 6) is 2.31. The maximum atomic E-state index is 12.6. The molecule has 0 aromatic heterocycles. The van der Waals surface area contributed by atoms with Crippen molar-refractivity contribution in [2.24, 2.45) is 34.8 Å². The lowest BCUT2D eigenvalue weighted by molar-refractivity contribution is -0.132. The van der Waals surface area contributed by atoms with E-state index in [0.717, 1.165) is 25.3 Å². The molecule has 3 nitrogen and oxygen atoms in total. The van der Waals surface area contributed by atoms with Crippen LogP contribution in [0.2, 0.25) is 0 Å². The highest BCUT2D eigenvalue weighted by molar-refractivity contribution is 5.79. The molecule has 0 spiro atoms. The molecule has 0 radical (unpaired) electrons. The third-order valence-corrected chi connectivity index (χ3v) is 6.19. The monoisotopic (exact) mass is 280 g/mol. The number of carbonyl (C=O) groups is 1. The minimum Gasteiger partial charge on any atom is -0.356 e. The fourth-order valence-corrected chi connectivity index (χ4v) is 4.20. The van der Waals surface area contributed by atoms with Crippen molar-refractivity contribution < 1.29 is 4.79 Å². The Morgan fingerprint density at radius 2 is 1.90 bits per heavy atom. The Labute approximate surface area is 124 Å². The van der Waals surface area contributed by atoms with Gasteiger partial charge < -0.3 is 11.1 Å². The third-order valence-electron chi connectivity index (χ3n) is 6.19. The second-order valence-corrected chi connectivity index (χ2v) is 7.93. The lowest BCUT2D eigenvalue weighted by Crippen LogP contribution is -2.52. The van der Waals surface area contributed by atoms with E-state index in [9.17, 15) is 4.79 Å². The Kier molecular flexibility index (Phi) is 4.78. The number of hydrogen-bond donors (Lipinski definition) is 2. The third kappa shape index (κ3) is 3.19. The predicted octanol–water partition coefficient (Wildman–Crippen LogP) is 2.94. The summed E-state index contributed by atoms with van der Waals surface area (Å²) >= 11 is 0. The van der Waals surface area contributed by atoms with Crippen LogP contribution in [0.1, 0.15) is 59.8 Å². The van der Waals surface area contributed by atoms with Gasteiger partial charge in [0.25, 0.3) is 0 Å². The number of hydrogen-bond acceptors (Lipinski definition) is 2. The summed E-state index contributed by atoms with van der Waals surface area (Å²) in [6.45, 7) is 9.80. The molecule has 3 heteroatoms. The van der Waals surface area contributed by atoms with E-state index in [4.69, 9.17) is 5.73 Å². The summed E-state index contributed by atoms with van der Waals surface area (Å²) in [5, 5.41) is 3.23. The van der Waals surface area contributed by atoms with Crippen molar-refractivity contribution in [3.63, 3.8) is 0 Å². The van der Waals surface area contributed by atoms with Crippen LogP contribution < -0.4 is 11.1 Å². The minimum atomic E-state index is 0.00468. The Morgan fingerprint density at radius 1 is 1.20 bits per heavy atom. The van der Waals surface area contributed by atoms with Crippen molar-refractivity contribution in [3.05, 3.63) is 0 Å². The van der Waals surface area contributed by atoms with E-state index in [1.807, 2.05) is 0 Å². The van der Waals surface area contributed by atoms with Crippen molar-refractivity contribution in [1.29, 1.82) is 0 Å². The molecule has 2 aliphatic rings. The van der Waals surface area contributed by atoms with E-state index < -0.39 is 0 Å². The fourth-order valence-electron chi connectivity index (χ4n) is 4.20. The summed E-state index contributed by atoms with van der Waals surface area (Å²) in [7, 11) is 0. The second-order valence-electron chi connectivity index (χ2n) is 7.93. The van der Waals surface area contributed by atoms with Crippen LogP contribution in [0.3, 0.4) is 0 Å². The van der Waals surface area contributed by atoms with Crippen LogP contribution in [0.25, 0.3) is 0 Å². The van der Waals surface area contributed by atoms with Gasteiger partial charge in [0.2, 0.25) is 5.91 Å². The largest absolute Gasteiger partial charge is 0.356 e. The van der Waals surface area contributed by atoms with Gasteiger partial charge >= 0.3 is 0 Å². The summed E-state index contributed by atoms with van der Waals surface area (Å²) in [4.78, 5) is 12.6. The maximum absolute atomic E-state index is 12.6. The van der Waals surface area contributed by atoms with Gasteiger partial charge in [-0.1, -0.05) is 34.1 Å². The molecule has 0 heterocycles. The van der Waals surface area contributed by atoms with Crippen LogP contribution in [0.5, 0.6) is 0 Å². The first kappa shape index (κ1) is 15.8. The van der Waals surface area contributed by atoms with Crippen molar-refractivity contribution in [2.75, 3.05) is 6.54 Å². The zero-order valence-electron chi connectivity index (χ0n) is 13.6. The van der Waals surface area contributed by atoms with Gasteiger partial charge in [0.05, 0.1) is 0 Å². The molecule has 0 aromatic rings. The number of rotatable bonds is 3. The maximum Gasteiger partial charge on any atom is 0.223 e. The summed E-state index contributed by atoms with van der Waals surface area (Å²) < 4.78 is 0. The molecule has 2 fully saturated rings. The molecule has 20 heavy (non-hydrogen) atoms. The topological polar surface area (TPSA) is 55.1 Å². The number of amides is 1. The van der Waals surface area contributed by atoms with Crippen LogP contribution in [-0.4, -0.2) is 18.5 Å². The molecule has 1 amide bonds. The van der Waals surface area contributed by atoms with Crippen LogP contribution >= 0.6 is 0 Å². The van der Waals surface area contributed by atoms with Gasteiger partial charge in [-0.25, -0.2) is 0 Å². The standard InChI is InChI=1S/C17H32N2O/c1-11-5-6-13(9-11)10-19-16(20)14-7-8-15(18)12(2)17(14,3)4/h11-15H,5-10,18H2,1-4H3,(H,19,20). The highest BCUT2D eigenvalue weighted by Gasteiger charge is 2.44. The first-order valence-corrected chi connectivity index (χ1v) is 8.35. The Morgan fingerprint density at radius 3 is 2.50 bits per heavy atom. The van der Waals surface area contributed by atoms with Gasteiger partial charge in [0, 0.05) is 18.5 Å². The van der Waals surface area contributed by atoms with E-state index >= 15 is 0 Å². The van der Waals surface area contributed by atoms with Crippen LogP contribution in [0.4, 0.5) is 0 Å². The van der Waals surface area contributed by atoms with Crippen LogP contribution in [-0.2, 0) is 4.79 Å². The molecule has 0 saturated heterocycles. The SMILES string of the molecule is CC1CCC(CNC(=O)C2CCC(N)C(C)C2(C)C)C1.